The standard InChI is InChI=1S/C21H26N4O3S2/c1-28-17-4-2-3-16(12-17)25-9-7-24(8-10-25)13-18(22)21-23-19-6-5-15(14-30(26)27)11-20(19)29-21/h2-6,11-12,18H,7-10,13-14,22H2,1H3,(H,26,27). The van der Waals surface area contributed by atoms with Gasteiger partial charge in [0, 0.05) is 44.5 Å². The summed E-state index contributed by atoms with van der Waals surface area (Å²) in [5.74, 6) is 1.01. The Hall–Kier alpha value is -2.04. The third-order valence-corrected chi connectivity index (χ3v) is 7.05. The average molecular weight is 447 g/mol. The average Bonchev–Trinajstić information content (AvgIpc) is 3.17. The minimum Gasteiger partial charge on any atom is -0.497 e. The lowest BCUT2D eigenvalue weighted by Crippen LogP contribution is -2.48. The number of aromatic nitrogens is 1. The Morgan fingerprint density at radius 2 is 2.03 bits per heavy atom. The van der Waals surface area contributed by atoms with E-state index in [9.17, 15) is 4.21 Å². The van der Waals surface area contributed by atoms with E-state index in [-0.39, 0.29) is 11.8 Å². The first kappa shape index (κ1) is 21.2. The van der Waals surface area contributed by atoms with Gasteiger partial charge in [0.15, 0.2) is 11.1 Å². The van der Waals surface area contributed by atoms with Crippen molar-refractivity contribution in [1.29, 1.82) is 0 Å². The van der Waals surface area contributed by atoms with Crippen molar-refractivity contribution >= 4 is 38.3 Å². The smallest absolute Gasteiger partial charge is 0.157 e. The van der Waals surface area contributed by atoms with Gasteiger partial charge in [-0.25, -0.2) is 9.19 Å². The van der Waals surface area contributed by atoms with Gasteiger partial charge in [0.05, 0.1) is 29.1 Å². The van der Waals surface area contributed by atoms with Gasteiger partial charge in [0.25, 0.3) is 0 Å². The van der Waals surface area contributed by atoms with Crippen molar-refractivity contribution in [2.75, 3.05) is 44.7 Å². The van der Waals surface area contributed by atoms with Gasteiger partial charge < -0.3 is 19.9 Å². The topological polar surface area (TPSA) is 91.9 Å². The fraction of sp³-hybridized carbons (Fsp3) is 0.381. The highest BCUT2D eigenvalue weighted by Crippen LogP contribution is 2.28. The first-order chi connectivity index (χ1) is 14.5. The number of fused-ring (bicyclic) bond motifs is 1. The van der Waals surface area contributed by atoms with Crippen molar-refractivity contribution in [2.24, 2.45) is 5.73 Å². The van der Waals surface area contributed by atoms with Crippen LogP contribution in [-0.4, -0.2) is 58.5 Å². The largest absolute Gasteiger partial charge is 0.497 e. The molecule has 7 nitrogen and oxygen atoms in total. The first-order valence-electron chi connectivity index (χ1n) is 9.85. The van der Waals surface area contributed by atoms with Crippen LogP contribution >= 0.6 is 11.3 Å². The fourth-order valence-corrected chi connectivity index (χ4v) is 5.22. The normalized spacial score (nSPS) is 17.2. The van der Waals surface area contributed by atoms with E-state index >= 15 is 0 Å². The lowest BCUT2D eigenvalue weighted by Gasteiger charge is -2.37. The van der Waals surface area contributed by atoms with Crippen molar-refractivity contribution in [2.45, 2.75) is 11.8 Å². The van der Waals surface area contributed by atoms with Crippen molar-refractivity contribution < 1.29 is 13.5 Å². The molecule has 1 aromatic heterocycles. The highest BCUT2D eigenvalue weighted by molar-refractivity contribution is 7.78. The molecule has 1 saturated heterocycles. The highest BCUT2D eigenvalue weighted by Gasteiger charge is 2.21. The van der Waals surface area contributed by atoms with E-state index in [1.807, 2.05) is 30.3 Å². The third kappa shape index (κ3) is 4.98. The second kappa shape index (κ2) is 9.40. The van der Waals surface area contributed by atoms with E-state index in [2.05, 4.69) is 26.9 Å². The summed E-state index contributed by atoms with van der Waals surface area (Å²) in [6, 6.07) is 13.7. The summed E-state index contributed by atoms with van der Waals surface area (Å²) in [6.07, 6.45) is 0. The molecule has 3 aromatic rings. The van der Waals surface area contributed by atoms with E-state index in [4.69, 9.17) is 15.0 Å². The van der Waals surface area contributed by atoms with Crippen LogP contribution in [0.25, 0.3) is 10.2 Å². The number of benzene rings is 2. The Balaban J connectivity index is 1.36. The minimum atomic E-state index is -1.84. The first-order valence-corrected chi connectivity index (χ1v) is 11.9. The van der Waals surface area contributed by atoms with Crippen molar-refractivity contribution in [3.63, 3.8) is 0 Å². The van der Waals surface area contributed by atoms with Crippen molar-refractivity contribution in [3.05, 3.63) is 53.0 Å². The van der Waals surface area contributed by atoms with E-state index < -0.39 is 11.1 Å². The number of hydrogen-bond acceptors (Lipinski definition) is 7. The maximum absolute atomic E-state index is 11.0. The van der Waals surface area contributed by atoms with Crippen LogP contribution in [0.15, 0.2) is 42.5 Å². The molecule has 2 atom stereocenters. The van der Waals surface area contributed by atoms with E-state index in [0.717, 1.165) is 59.3 Å². The molecular weight excluding hydrogens is 420 g/mol. The van der Waals surface area contributed by atoms with Crippen molar-refractivity contribution in [3.8, 4) is 5.75 Å². The molecule has 0 aliphatic carbocycles. The Bertz CT molecular complexity index is 1030. The number of rotatable bonds is 7. The molecular formula is C21H26N4O3S2. The molecule has 0 saturated carbocycles. The molecule has 1 aliphatic heterocycles. The number of nitrogens with two attached hydrogens (primary N) is 1. The van der Waals surface area contributed by atoms with Crippen molar-refractivity contribution in [1.82, 2.24) is 9.88 Å². The Morgan fingerprint density at radius 3 is 2.77 bits per heavy atom. The van der Waals surface area contributed by atoms with Gasteiger partial charge in [0.2, 0.25) is 0 Å². The minimum absolute atomic E-state index is 0.132. The van der Waals surface area contributed by atoms with Crippen LogP contribution in [0.5, 0.6) is 5.75 Å². The number of piperazine rings is 1. The van der Waals surface area contributed by atoms with Crippen LogP contribution in [0, 0.1) is 0 Å². The van der Waals surface area contributed by atoms with Crippen LogP contribution in [0.3, 0.4) is 0 Å². The molecule has 2 unspecified atom stereocenters. The van der Waals surface area contributed by atoms with E-state index in [1.165, 1.54) is 5.69 Å². The zero-order valence-electron chi connectivity index (χ0n) is 16.9. The number of methoxy groups -OCH3 is 1. The third-order valence-electron chi connectivity index (χ3n) is 5.32. The second-order valence-electron chi connectivity index (χ2n) is 7.42. The van der Waals surface area contributed by atoms with Crippen LogP contribution < -0.4 is 15.4 Å². The SMILES string of the molecule is COc1cccc(N2CCN(CC(N)c3nc4ccc(CS(=O)O)cc4s3)CC2)c1. The zero-order valence-corrected chi connectivity index (χ0v) is 18.5. The Morgan fingerprint density at radius 1 is 1.23 bits per heavy atom. The fourth-order valence-electron chi connectivity index (χ4n) is 3.73. The monoisotopic (exact) mass is 446 g/mol. The van der Waals surface area contributed by atoms with Crippen LogP contribution in [0.4, 0.5) is 5.69 Å². The lowest BCUT2D eigenvalue weighted by atomic mass is 10.2. The Kier molecular flexibility index (Phi) is 6.64. The molecule has 2 aromatic carbocycles. The Labute approximate surface area is 182 Å². The molecule has 3 N–H and O–H groups in total. The molecule has 2 heterocycles. The van der Waals surface area contributed by atoms with Crippen LogP contribution in [0.2, 0.25) is 0 Å². The second-order valence-corrected chi connectivity index (χ2v) is 9.41. The molecule has 1 fully saturated rings. The molecule has 0 spiro atoms. The summed E-state index contributed by atoms with van der Waals surface area (Å²) in [6.45, 7) is 4.55. The van der Waals surface area contributed by atoms with E-state index in [1.54, 1.807) is 18.4 Å². The summed E-state index contributed by atoms with van der Waals surface area (Å²) in [7, 11) is 1.69. The van der Waals surface area contributed by atoms with Gasteiger partial charge in [-0.1, -0.05) is 12.1 Å². The maximum atomic E-state index is 11.0. The van der Waals surface area contributed by atoms with Crippen LogP contribution in [-0.2, 0) is 16.8 Å². The van der Waals surface area contributed by atoms with Gasteiger partial charge in [-0.2, -0.15) is 0 Å². The zero-order chi connectivity index (χ0) is 21.1. The number of ether oxygens (including phenoxy) is 1. The molecule has 0 amide bonds. The number of hydrogen-bond donors (Lipinski definition) is 2. The molecule has 160 valence electrons. The van der Waals surface area contributed by atoms with E-state index in [0.29, 0.717) is 0 Å². The molecule has 4 rings (SSSR count). The summed E-state index contributed by atoms with van der Waals surface area (Å²) < 4.78 is 26.5. The quantitative estimate of drug-likeness (QED) is 0.539. The molecule has 0 bridgehead atoms. The number of anilines is 1. The molecule has 30 heavy (non-hydrogen) atoms. The number of nitrogens with zero attached hydrogens (tertiary/aromatic N) is 3. The predicted molar refractivity (Wildman–Crippen MR) is 123 cm³/mol. The van der Waals surface area contributed by atoms with Gasteiger partial charge in [-0.15, -0.1) is 11.3 Å². The summed E-state index contributed by atoms with van der Waals surface area (Å²) in [5, 5.41) is 0.905. The van der Waals surface area contributed by atoms with Crippen LogP contribution in [0.1, 0.15) is 16.6 Å². The van der Waals surface area contributed by atoms with Gasteiger partial charge in [-0.05, 0) is 29.8 Å². The number of thiazole rings is 1. The molecule has 1 aliphatic rings. The summed E-state index contributed by atoms with van der Waals surface area (Å²) in [5.41, 5.74) is 9.39. The molecule has 9 heteroatoms. The summed E-state index contributed by atoms with van der Waals surface area (Å²) >= 11 is -0.274. The summed E-state index contributed by atoms with van der Waals surface area (Å²) in [4.78, 5) is 9.44. The predicted octanol–water partition coefficient (Wildman–Crippen LogP) is 2.85. The van der Waals surface area contributed by atoms with Gasteiger partial charge in [-0.3, -0.25) is 4.90 Å². The lowest BCUT2D eigenvalue weighted by molar-refractivity contribution is 0.243. The van der Waals surface area contributed by atoms with Gasteiger partial charge >= 0.3 is 0 Å². The maximum Gasteiger partial charge on any atom is 0.157 e. The highest BCUT2D eigenvalue weighted by atomic mass is 32.2. The molecule has 0 radical (unpaired) electrons. The van der Waals surface area contributed by atoms with Gasteiger partial charge in [0.1, 0.15) is 10.8 Å².